The first-order chi connectivity index (χ1) is 18.4. The van der Waals surface area contributed by atoms with Crippen molar-refractivity contribution in [3.05, 3.63) is 53.4 Å². The minimum atomic E-state index is -4.88. The van der Waals surface area contributed by atoms with Crippen molar-refractivity contribution in [2.45, 2.75) is 56.2 Å². The Kier molecular flexibility index (Phi) is 6.78. The maximum atomic E-state index is 14.5. The molecule has 3 aliphatic rings. The maximum Gasteiger partial charge on any atom is 0.417 e. The Labute approximate surface area is 220 Å². The minimum Gasteiger partial charge on any atom is -0.493 e. The van der Waals surface area contributed by atoms with Gasteiger partial charge in [0.05, 0.1) is 7.11 Å². The molecular formula is C26H27F5N4O4. The number of piperazine rings is 1. The number of carbonyl (C=O) groups is 2. The van der Waals surface area contributed by atoms with E-state index in [0.717, 1.165) is 32.6 Å². The van der Waals surface area contributed by atoms with E-state index in [1.165, 1.54) is 25.3 Å². The van der Waals surface area contributed by atoms with Gasteiger partial charge in [-0.2, -0.15) is 17.6 Å². The molecule has 0 radical (unpaired) electrons. The molecule has 1 aromatic heterocycles. The van der Waals surface area contributed by atoms with Gasteiger partial charge in [-0.05, 0) is 31.5 Å². The number of nitrogens with one attached hydrogen (secondary N) is 2. The van der Waals surface area contributed by atoms with Crippen LogP contribution in [0.15, 0.2) is 30.5 Å². The van der Waals surface area contributed by atoms with Crippen molar-refractivity contribution in [1.82, 2.24) is 15.2 Å². The van der Waals surface area contributed by atoms with E-state index in [9.17, 15) is 31.5 Å². The van der Waals surface area contributed by atoms with Crippen LogP contribution in [0.5, 0.6) is 5.75 Å². The summed E-state index contributed by atoms with van der Waals surface area (Å²) in [5.74, 6) is -7.26. The number of aromatic nitrogens is 1. The number of hydrogen-bond donors (Lipinski definition) is 2. The Bertz CT molecular complexity index is 1310. The molecular weight excluding hydrogens is 527 g/mol. The fourth-order valence-electron chi connectivity index (χ4n) is 5.84. The molecule has 13 heteroatoms. The Morgan fingerprint density at radius 3 is 2.62 bits per heavy atom. The molecule has 2 aromatic rings. The number of carbonyl (C=O) groups excluding carboxylic acids is 2. The second-order valence-corrected chi connectivity index (χ2v) is 10.3. The quantitative estimate of drug-likeness (QED) is 0.549. The van der Waals surface area contributed by atoms with Crippen LogP contribution in [0.2, 0.25) is 0 Å². The predicted molar refractivity (Wildman–Crippen MR) is 128 cm³/mol. The molecule has 1 aromatic carbocycles. The largest absolute Gasteiger partial charge is 0.493 e. The Morgan fingerprint density at radius 1 is 1.26 bits per heavy atom. The molecule has 2 amide bonds. The van der Waals surface area contributed by atoms with Gasteiger partial charge in [-0.25, -0.2) is 4.39 Å². The van der Waals surface area contributed by atoms with Gasteiger partial charge in [-0.1, -0.05) is 13.0 Å². The van der Waals surface area contributed by atoms with E-state index in [1.54, 1.807) is 4.90 Å². The molecule has 3 aliphatic heterocycles. The fraction of sp³-hybridized carbons (Fsp3) is 0.500. The number of halogens is 5. The van der Waals surface area contributed by atoms with Gasteiger partial charge >= 0.3 is 6.18 Å². The highest BCUT2D eigenvalue weighted by atomic mass is 19.4. The summed E-state index contributed by atoms with van der Waals surface area (Å²) >= 11 is 0. The number of hydrogen-bond acceptors (Lipinski definition) is 6. The highest BCUT2D eigenvalue weighted by Gasteiger charge is 2.66. The van der Waals surface area contributed by atoms with Crippen molar-refractivity contribution in [2.75, 3.05) is 25.5 Å². The number of alkyl halides is 3. The molecule has 4 heterocycles. The molecule has 0 saturated carbocycles. The van der Waals surface area contributed by atoms with Crippen molar-refractivity contribution in [2.24, 2.45) is 5.92 Å². The predicted octanol–water partition coefficient (Wildman–Crippen LogP) is 3.63. The van der Waals surface area contributed by atoms with E-state index >= 15 is 0 Å². The highest BCUT2D eigenvalue weighted by Crippen LogP contribution is 2.55. The van der Waals surface area contributed by atoms with Gasteiger partial charge < -0.3 is 25.0 Å². The van der Waals surface area contributed by atoms with Crippen LogP contribution in [0.4, 0.5) is 27.6 Å². The SMILES string of the molecule is COc1c([C@H]2[C@H](C(=O)Nc3ccnc(C(=O)N4C[C@H]5C[C@@H]4CN5)c3)O[C@@](C)(C(F)(F)F)[C@H]2C)ccc(F)c1F. The average molecular weight is 555 g/mol. The monoisotopic (exact) mass is 554 g/mol. The van der Waals surface area contributed by atoms with Crippen LogP contribution in [0.1, 0.15) is 42.2 Å². The van der Waals surface area contributed by atoms with Crippen LogP contribution in [0.25, 0.3) is 0 Å². The second kappa shape index (κ2) is 9.70. The van der Waals surface area contributed by atoms with Crippen molar-refractivity contribution < 1.29 is 41.0 Å². The minimum absolute atomic E-state index is 0.0443. The zero-order valence-electron chi connectivity index (χ0n) is 21.3. The van der Waals surface area contributed by atoms with E-state index < -0.39 is 53.0 Å². The van der Waals surface area contributed by atoms with Crippen LogP contribution in [0.3, 0.4) is 0 Å². The van der Waals surface area contributed by atoms with Gasteiger partial charge in [0.1, 0.15) is 11.8 Å². The molecule has 2 bridgehead atoms. The van der Waals surface area contributed by atoms with Crippen LogP contribution in [-0.2, 0) is 9.53 Å². The van der Waals surface area contributed by atoms with Gasteiger partial charge in [0.15, 0.2) is 17.2 Å². The smallest absolute Gasteiger partial charge is 0.417 e. The van der Waals surface area contributed by atoms with Crippen LogP contribution in [-0.4, -0.2) is 71.9 Å². The first kappa shape index (κ1) is 27.3. The number of pyridine rings is 1. The summed E-state index contributed by atoms with van der Waals surface area (Å²) in [6, 6.07) is 4.85. The van der Waals surface area contributed by atoms with Gasteiger partial charge in [-0.3, -0.25) is 14.6 Å². The molecule has 0 spiro atoms. The molecule has 2 N–H and O–H groups in total. The molecule has 6 atom stereocenters. The van der Waals surface area contributed by atoms with Crippen LogP contribution in [0, 0.1) is 17.6 Å². The number of ether oxygens (including phenoxy) is 2. The zero-order valence-corrected chi connectivity index (χ0v) is 21.3. The number of amides is 2. The van der Waals surface area contributed by atoms with Gasteiger partial charge in [0.25, 0.3) is 11.8 Å². The summed E-state index contributed by atoms with van der Waals surface area (Å²) in [4.78, 5) is 32.3. The molecule has 0 unspecified atom stereocenters. The number of fused-ring (bicyclic) bond motifs is 2. The summed E-state index contributed by atoms with van der Waals surface area (Å²) < 4.78 is 81.3. The number of likely N-dealkylation sites (tertiary alicyclic amines) is 1. The Balaban J connectivity index is 1.45. The van der Waals surface area contributed by atoms with E-state index in [1.807, 2.05) is 0 Å². The van der Waals surface area contributed by atoms with E-state index in [2.05, 4.69) is 15.6 Å². The molecule has 39 heavy (non-hydrogen) atoms. The lowest BCUT2D eigenvalue weighted by atomic mass is 9.77. The van der Waals surface area contributed by atoms with Gasteiger partial charge in [-0.15, -0.1) is 0 Å². The Hall–Kier alpha value is -3.32. The third-order valence-corrected chi connectivity index (χ3v) is 8.13. The molecule has 3 saturated heterocycles. The van der Waals surface area contributed by atoms with Crippen molar-refractivity contribution >= 4 is 17.5 Å². The summed E-state index contributed by atoms with van der Waals surface area (Å²) in [6.07, 6.45) is -4.49. The molecule has 8 nitrogen and oxygen atoms in total. The number of anilines is 1. The van der Waals surface area contributed by atoms with E-state index in [-0.39, 0.29) is 34.9 Å². The highest BCUT2D eigenvalue weighted by molar-refractivity contribution is 5.98. The first-order valence-electron chi connectivity index (χ1n) is 12.4. The summed E-state index contributed by atoms with van der Waals surface area (Å²) in [5.41, 5.74) is -2.73. The standard InChI is InChI=1S/C26H27F5N4O4/c1-12-19(16-4-5-17(27)20(28)21(16)38-3)22(39-25(12,2)26(29,30)31)23(36)34-13-6-7-32-18(9-13)24(37)35-11-14-8-15(35)10-33-14/h4-7,9,12,14-15,19,22,33H,8,10-11H2,1-3H3,(H,32,34,36)/t12-,14+,15+,19-,22+,25+/m0/s1. The summed E-state index contributed by atoms with van der Waals surface area (Å²) in [7, 11) is 1.05. The van der Waals surface area contributed by atoms with Crippen molar-refractivity contribution in [3.8, 4) is 5.75 Å². The normalized spacial score (nSPS) is 30.1. The number of nitrogens with zero attached hydrogens (tertiary/aromatic N) is 2. The number of methoxy groups -OCH3 is 1. The average Bonchev–Trinajstić information content (AvgIpc) is 3.59. The topological polar surface area (TPSA) is 92.8 Å². The zero-order chi connectivity index (χ0) is 28.3. The fourth-order valence-corrected chi connectivity index (χ4v) is 5.84. The molecule has 0 aliphatic carbocycles. The summed E-state index contributed by atoms with van der Waals surface area (Å²) in [6.45, 7) is 3.25. The summed E-state index contributed by atoms with van der Waals surface area (Å²) in [5, 5.41) is 5.81. The van der Waals surface area contributed by atoms with Gasteiger partial charge in [0, 0.05) is 54.5 Å². The lowest BCUT2D eigenvalue weighted by Gasteiger charge is -2.32. The van der Waals surface area contributed by atoms with Crippen LogP contribution < -0.4 is 15.4 Å². The lowest BCUT2D eigenvalue weighted by molar-refractivity contribution is -0.272. The van der Waals surface area contributed by atoms with E-state index in [0.29, 0.717) is 13.1 Å². The van der Waals surface area contributed by atoms with Crippen molar-refractivity contribution in [3.63, 3.8) is 0 Å². The first-order valence-corrected chi connectivity index (χ1v) is 12.4. The second-order valence-electron chi connectivity index (χ2n) is 10.3. The Morgan fingerprint density at radius 2 is 2.00 bits per heavy atom. The molecule has 210 valence electrons. The number of rotatable bonds is 5. The lowest BCUT2D eigenvalue weighted by Crippen LogP contribution is -2.47. The van der Waals surface area contributed by atoms with Gasteiger partial charge in [0.2, 0.25) is 5.82 Å². The number of benzene rings is 1. The third-order valence-electron chi connectivity index (χ3n) is 8.13. The maximum absolute atomic E-state index is 14.5. The van der Waals surface area contributed by atoms with E-state index in [4.69, 9.17) is 9.47 Å². The molecule has 5 rings (SSSR count). The van der Waals surface area contributed by atoms with Crippen LogP contribution >= 0.6 is 0 Å². The van der Waals surface area contributed by atoms with Crippen molar-refractivity contribution in [1.29, 1.82) is 0 Å². The molecule has 3 fully saturated rings. The third kappa shape index (κ3) is 4.50.